The summed E-state index contributed by atoms with van der Waals surface area (Å²) in [6, 6.07) is 20.4. The van der Waals surface area contributed by atoms with Crippen LogP contribution in [0.5, 0.6) is 0 Å². The lowest BCUT2D eigenvalue weighted by Crippen LogP contribution is -2.24. The van der Waals surface area contributed by atoms with E-state index in [0.29, 0.717) is 17.7 Å². The Labute approximate surface area is 184 Å². The summed E-state index contributed by atoms with van der Waals surface area (Å²) in [5.74, 6) is 0.00420. The molecule has 7 heteroatoms. The Morgan fingerprint density at radius 2 is 1.91 bits per heavy atom. The van der Waals surface area contributed by atoms with Gasteiger partial charge in [-0.1, -0.05) is 36.4 Å². The average molecular weight is 427 g/mol. The van der Waals surface area contributed by atoms with Gasteiger partial charge >= 0.3 is 5.97 Å². The smallest absolute Gasteiger partial charge is 0.342 e. The summed E-state index contributed by atoms with van der Waals surface area (Å²) >= 11 is 0. The summed E-state index contributed by atoms with van der Waals surface area (Å²) in [6.07, 6.45) is 4.48. The molecule has 0 amide bonds. The standard InChI is InChI=1S/C25H21N3O4/c26-16-20-23(27-17-19-11-7-14-31-19)22(21-12-4-5-13-28(21)24(20)29)25(30)32-15-6-10-18-8-2-1-3-9-18/h1-5,7-9,11-14,27H,6,10,15,17H2. The number of aryl methyl sites for hydroxylation is 1. The van der Waals surface area contributed by atoms with Gasteiger partial charge in [0.05, 0.1) is 30.6 Å². The molecule has 0 bridgehead atoms. The van der Waals surface area contributed by atoms with Crippen molar-refractivity contribution in [1.82, 2.24) is 4.40 Å². The topological polar surface area (TPSA) is 96.7 Å². The van der Waals surface area contributed by atoms with Crippen molar-refractivity contribution in [2.24, 2.45) is 0 Å². The fourth-order valence-corrected chi connectivity index (χ4v) is 3.54. The van der Waals surface area contributed by atoms with Crippen LogP contribution in [0.4, 0.5) is 5.69 Å². The Morgan fingerprint density at radius 1 is 1.09 bits per heavy atom. The number of esters is 1. The normalized spacial score (nSPS) is 10.6. The third-order valence-electron chi connectivity index (χ3n) is 5.07. The quantitative estimate of drug-likeness (QED) is 0.335. The second kappa shape index (κ2) is 9.67. The molecule has 0 saturated heterocycles. The number of ether oxygens (including phenoxy) is 1. The number of hydrogen-bond donors (Lipinski definition) is 1. The zero-order valence-corrected chi connectivity index (χ0v) is 17.3. The molecule has 4 rings (SSSR count). The van der Waals surface area contributed by atoms with Crippen LogP contribution in [-0.4, -0.2) is 17.0 Å². The monoisotopic (exact) mass is 427 g/mol. The van der Waals surface area contributed by atoms with E-state index in [1.807, 2.05) is 36.4 Å². The summed E-state index contributed by atoms with van der Waals surface area (Å²) in [6.45, 7) is 0.420. The molecule has 0 radical (unpaired) electrons. The van der Waals surface area contributed by atoms with E-state index in [4.69, 9.17) is 9.15 Å². The number of nitrogens with one attached hydrogen (secondary N) is 1. The largest absolute Gasteiger partial charge is 0.467 e. The van der Waals surface area contributed by atoms with Crippen LogP contribution in [0.3, 0.4) is 0 Å². The number of rotatable bonds is 8. The number of carbonyl (C=O) groups is 1. The van der Waals surface area contributed by atoms with Crippen LogP contribution >= 0.6 is 0 Å². The number of nitriles is 1. The van der Waals surface area contributed by atoms with Gasteiger partial charge in [-0.05, 0) is 42.7 Å². The molecule has 3 aromatic heterocycles. The number of nitrogens with zero attached hydrogens (tertiary/aromatic N) is 2. The lowest BCUT2D eigenvalue weighted by atomic mass is 10.1. The Kier molecular flexibility index (Phi) is 6.33. The molecule has 0 saturated carbocycles. The lowest BCUT2D eigenvalue weighted by Gasteiger charge is -2.16. The van der Waals surface area contributed by atoms with E-state index in [0.717, 1.165) is 12.0 Å². The Bertz CT molecular complexity index is 1320. The predicted octanol–water partition coefficient (Wildman–Crippen LogP) is 4.17. The first-order chi connectivity index (χ1) is 15.7. The van der Waals surface area contributed by atoms with E-state index in [1.165, 1.54) is 16.9 Å². The number of aromatic nitrogens is 1. The van der Waals surface area contributed by atoms with E-state index in [9.17, 15) is 14.9 Å². The van der Waals surface area contributed by atoms with Crippen molar-refractivity contribution in [3.8, 4) is 6.07 Å². The molecule has 1 N–H and O–H groups in total. The maximum absolute atomic E-state index is 13.1. The zero-order valence-electron chi connectivity index (χ0n) is 17.3. The molecule has 3 heterocycles. The highest BCUT2D eigenvalue weighted by atomic mass is 16.5. The number of benzene rings is 1. The molecule has 7 nitrogen and oxygen atoms in total. The van der Waals surface area contributed by atoms with Gasteiger partial charge < -0.3 is 14.5 Å². The Hall–Kier alpha value is -4.31. The number of fused-ring (bicyclic) bond motifs is 1. The molecule has 32 heavy (non-hydrogen) atoms. The van der Waals surface area contributed by atoms with Crippen LogP contribution in [0.15, 0.2) is 82.3 Å². The van der Waals surface area contributed by atoms with Gasteiger partial charge in [-0.3, -0.25) is 9.20 Å². The molecule has 0 aliphatic rings. The summed E-state index contributed by atoms with van der Waals surface area (Å²) in [4.78, 5) is 26.0. The molecule has 0 fully saturated rings. The van der Waals surface area contributed by atoms with Crippen molar-refractivity contribution in [2.45, 2.75) is 19.4 Å². The fraction of sp³-hybridized carbons (Fsp3) is 0.160. The number of furan rings is 1. The average Bonchev–Trinajstić information content (AvgIpc) is 3.35. The highest BCUT2D eigenvalue weighted by Gasteiger charge is 2.24. The van der Waals surface area contributed by atoms with Gasteiger partial charge in [0.15, 0.2) is 0 Å². The minimum atomic E-state index is -0.597. The predicted molar refractivity (Wildman–Crippen MR) is 119 cm³/mol. The number of anilines is 1. The van der Waals surface area contributed by atoms with E-state index in [1.54, 1.807) is 30.3 Å². The fourth-order valence-electron chi connectivity index (χ4n) is 3.54. The van der Waals surface area contributed by atoms with E-state index in [-0.39, 0.29) is 30.0 Å². The van der Waals surface area contributed by atoms with Gasteiger partial charge in [0.1, 0.15) is 23.0 Å². The first-order valence-electron chi connectivity index (χ1n) is 10.2. The number of hydrogen-bond acceptors (Lipinski definition) is 6. The molecular weight excluding hydrogens is 406 g/mol. The third-order valence-corrected chi connectivity index (χ3v) is 5.07. The maximum atomic E-state index is 13.1. The van der Waals surface area contributed by atoms with Crippen molar-refractivity contribution in [1.29, 1.82) is 5.26 Å². The molecule has 1 aromatic carbocycles. The second-order valence-electron chi connectivity index (χ2n) is 7.16. The van der Waals surface area contributed by atoms with Crippen molar-refractivity contribution >= 4 is 17.2 Å². The third kappa shape index (κ3) is 4.40. The minimum Gasteiger partial charge on any atom is -0.467 e. The Balaban J connectivity index is 1.63. The molecule has 160 valence electrons. The lowest BCUT2D eigenvalue weighted by molar-refractivity contribution is 0.0503. The summed E-state index contributed by atoms with van der Waals surface area (Å²) in [5, 5.41) is 12.7. The molecule has 0 unspecified atom stereocenters. The van der Waals surface area contributed by atoms with Gasteiger partial charge in [0.2, 0.25) is 0 Å². The SMILES string of the molecule is N#Cc1c(NCc2ccco2)c(C(=O)OCCCc2ccccc2)c2ccccn2c1=O. The van der Waals surface area contributed by atoms with E-state index in [2.05, 4.69) is 5.32 Å². The van der Waals surface area contributed by atoms with Crippen molar-refractivity contribution in [3.63, 3.8) is 0 Å². The van der Waals surface area contributed by atoms with Gasteiger partial charge in [-0.2, -0.15) is 5.26 Å². The van der Waals surface area contributed by atoms with Crippen molar-refractivity contribution < 1.29 is 13.9 Å². The summed E-state index contributed by atoms with van der Waals surface area (Å²) < 4.78 is 12.2. The molecular formula is C25H21N3O4. The van der Waals surface area contributed by atoms with E-state index >= 15 is 0 Å². The van der Waals surface area contributed by atoms with E-state index < -0.39 is 11.5 Å². The zero-order chi connectivity index (χ0) is 22.3. The first-order valence-corrected chi connectivity index (χ1v) is 10.2. The van der Waals surface area contributed by atoms with Crippen LogP contribution in [0.25, 0.3) is 5.52 Å². The Morgan fingerprint density at radius 3 is 2.66 bits per heavy atom. The van der Waals surface area contributed by atoms with Crippen LogP contribution in [-0.2, 0) is 17.7 Å². The molecule has 0 spiro atoms. The highest BCUT2D eigenvalue weighted by Crippen LogP contribution is 2.25. The number of carbonyl (C=O) groups excluding carboxylic acids is 1. The minimum absolute atomic E-state index is 0.146. The number of pyridine rings is 2. The van der Waals surface area contributed by atoms with Crippen molar-refractivity contribution in [3.05, 3.63) is 106 Å². The van der Waals surface area contributed by atoms with Crippen LogP contribution in [0.2, 0.25) is 0 Å². The summed E-state index contributed by atoms with van der Waals surface area (Å²) in [7, 11) is 0. The first kappa shape index (κ1) is 20.9. The molecule has 0 aliphatic heterocycles. The van der Waals surface area contributed by atoms with Crippen LogP contribution in [0, 0.1) is 11.3 Å². The van der Waals surface area contributed by atoms with Gasteiger partial charge in [0.25, 0.3) is 5.56 Å². The van der Waals surface area contributed by atoms with Crippen molar-refractivity contribution in [2.75, 3.05) is 11.9 Å². The molecule has 4 aromatic rings. The summed E-state index contributed by atoms with van der Waals surface area (Å²) in [5.41, 5.74) is 1.16. The highest BCUT2D eigenvalue weighted by molar-refractivity contribution is 6.04. The second-order valence-corrected chi connectivity index (χ2v) is 7.16. The molecule has 0 aliphatic carbocycles. The van der Waals surface area contributed by atoms with Gasteiger partial charge in [-0.25, -0.2) is 4.79 Å². The molecule has 0 atom stereocenters. The van der Waals surface area contributed by atoms with Gasteiger partial charge in [0, 0.05) is 6.20 Å². The maximum Gasteiger partial charge on any atom is 0.342 e. The van der Waals surface area contributed by atoms with Crippen LogP contribution in [0.1, 0.15) is 33.7 Å². The van der Waals surface area contributed by atoms with Gasteiger partial charge in [-0.15, -0.1) is 0 Å². The van der Waals surface area contributed by atoms with Crippen LogP contribution < -0.4 is 10.9 Å².